The maximum absolute atomic E-state index is 12.3. The van der Waals surface area contributed by atoms with Crippen molar-refractivity contribution >= 4 is 17.1 Å². The van der Waals surface area contributed by atoms with E-state index in [1.54, 1.807) is 41.2 Å². The second-order valence-corrected chi connectivity index (χ2v) is 4.40. The van der Waals surface area contributed by atoms with E-state index >= 15 is 0 Å². The molecule has 1 aromatic carbocycles. The lowest BCUT2D eigenvalue weighted by molar-refractivity contribution is 0.102. The number of pyridine rings is 1. The summed E-state index contributed by atoms with van der Waals surface area (Å²) in [7, 11) is 0. The number of nitrogens with zero attached hydrogens (tertiary/aromatic N) is 2. The van der Waals surface area contributed by atoms with Gasteiger partial charge in [-0.3, -0.25) is 4.79 Å². The molecule has 2 aromatic heterocycles. The molecular weight excluding hydrogens is 254 g/mol. The van der Waals surface area contributed by atoms with Crippen molar-refractivity contribution in [1.29, 1.82) is 0 Å². The lowest BCUT2D eigenvalue weighted by Crippen LogP contribution is -2.11. The van der Waals surface area contributed by atoms with Crippen molar-refractivity contribution in [1.82, 2.24) is 9.61 Å². The summed E-state index contributed by atoms with van der Waals surface area (Å²) in [5.41, 5.74) is 2.67. The molecule has 20 heavy (non-hydrogen) atoms. The number of aliphatic hydroxyl groups excluding tert-OH is 1. The van der Waals surface area contributed by atoms with Crippen molar-refractivity contribution in [2.45, 2.75) is 6.61 Å². The third kappa shape index (κ3) is 2.26. The molecule has 0 aliphatic carbocycles. The summed E-state index contributed by atoms with van der Waals surface area (Å²) in [6, 6.07) is 12.7. The van der Waals surface area contributed by atoms with Crippen molar-refractivity contribution in [2.24, 2.45) is 0 Å². The zero-order valence-electron chi connectivity index (χ0n) is 10.7. The molecule has 0 unspecified atom stereocenters. The van der Waals surface area contributed by atoms with E-state index in [4.69, 9.17) is 5.11 Å². The van der Waals surface area contributed by atoms with Crippen LogP contribution in [0.1, 0.15) is 15.9 Å². The normalized spacial score (nSPS) is 10.7. The molecule has 1 amide bonds. The average molecular weight is 267 g/mol. The first-order valence-corrected chi connectivity index (χ1v) is 6.21. The summed E-state index contributed by atoms with van der Waals surface area (Å²) < 4.78 is 1.65. The lowest BCUT2D eigenvalue weighted by Gasteiger charge is -2.05. The molecule has 100 valence electrons. The monoisotopic (exact) mass is 267 g/mol. The molecule has 3 rings (SSSR count). The number of anilines is 1. The molecule has 0 saturated heterocycles. The van der Waals surface area contributed by atoms with Crippen LogP contribution in [0.2, 0.25) is 0 Å². The number of hydrogen-bond acceptors (Lipinski definition) is 3. The number of aliphatic hydroxyl groups is 1. The maximum atomic E-state index is 12.3. The highest BCUT2D eigenvalue weighted by atomic mass is 16.3. The van der Waals surface area contributed by atoms with Crippen molar-refractivity contribution in [3.8, 4) is 0 Å². The zero-order chi connectivity index (χ0) is 13.9. The fraction of sp³-hybridized carbons (Fsp3) is 0.0667. The van der Waals surface area contributed by atoms with E-state index in [2.05, 4.69) is 10.4 Å². The summed E-state index contributed by atoms with van der Waals surface area (Å²) in [6.45, 7) is -0.0551. The van der Waals surface area contributed by atoms with Crippen LogP contribution < -0.4 is 5.32 Å². The molecular formula is C15H13N3O2. The minimum Gasteiger partial charge on any atom is -0.392 e. The van der Waals surface area contributed by atoms with Gasteiger partial charge in [0.15, 0.2) is 0 Å². The Bertz CT molecular complexity index is 764. The number of carbonyl (C=O) groups is 1. The van der Waals surface area contributed by atoms with Crippen molar-refractivity contribution < 1.29 is 9.90 Å². The van der Waals surface area contributed by atoms with Gasteiger partial charge in [0.2, 0.25) is 0 Å². The summed E-state index contributed by atoms with van der Waals surface area (Å²) in [6.07, 6.45) is 3.33. The van der Waals surface area contributed by atoms with E-state index in [-0.39, 0.29) is 12.5 Å². The Morgan fingerprint density at radius 1 is 1.25 bits per heavy atom. The standard InChI is InChI=1S/C15H13N3O2/c19-10-11-4-3-5-12(8-11)17-15(20)13-9-16-18-7-2-1-6-14(13)18/h1-9,19H,10H2,(H,17,20). The molecule has 5 heteroatoms. The molecule has 0 fully saturated rings. The molecule has 0 spiro atoms. The third-order valence-corrected chi connectivity index (χ3v) is 3.04. The summed E-state index contributed by atoms with van der Waals surface area (Å²) >= 11 is 0. The Kier molecular flexibility index (Phi) is 3.18. The molecule has 2 N–H and O–H groups in total. The molecule has 0 aliphatic heterocycles. The van der Waals surface area contributed by atoms with Crippen LogP contribution in [-0.4, -0.2) is 20.6 Å². The van der Waals surface area contributed by atoms with Crippen molar-refractivity contribution in [2.75, 3.05) is 5.32 Å². The van der Waals surface area contributed by atoms with Crippen LogP contribution >= 0.6 is 0 Å². The highest BCUT2D eigenvalue weighted by molar-refractivity contribution is 6.08. The third-order valence-electron chi connectivity index (χ3n) is 3.04. The molecule has 2 heterocycles. The van der Waals surface area contributed by atoms with Gasteiger partial charge in [-0.05, 0) is 29.8 Å². The molecule has 5 nitrogen and oxygen atoms in total. The van der Waals surface area contributed by atoms with E-state index in [0.717, 1.165) is 11.1 Å². The first-order valence-electron chi connectivity index (χ1n) is 6.21. The van der Waals surface area contributed by atoms with E-state index in [0.29, 0.717) is 11.3 Å². The molecule has 0 saturated carbocycles. The SMILES string of the molecule is O=C(Nc1cccc(CO)c1)c1cnn2ccccc12. The van der Waals surface area contributed by atoms with E-state index in [9.17, 15) is 4.79 Å². The number of benzene rings is 1. The Hall–Kier alpha value is -2.66. The van der Waals surface area contributed by atoms with Crippen LogP contribution in [0.5, 0.6) is 0 Å². The van der Waals surface area contributed by atoms with Gasteiger partial charge in [0.05, 0.1) is 23.9 Å². The predicted molar refractivity (Wildman–Crippen MR) is 75.5 cm³/mol. The van der Waals surface area contributed by atoms with Gasteiger partial charge in [0.1, 0.15) is 0 Å². The Balaban J connectivity index is 1.89. The topological polar surface area (TPSA) is 66.6 Å². The van der Waals surface area contributed by atoms with Crippen LogP contribution in [0.3, 0.4) is 0 Å². The van der Waals surface area contributed by atoms with Gasteiger partial charge in [0, 0.05) is 11.9 Å². The predicted octanol–water partition coefficient (Wildman–Crippen LogP) is 2.08. The number of aromatic nitrogens is 2. The van der Waals surface area contributed by atoms with E-state index in [1.807, 2.05) is 18.2 Å². The van der Waals surface area contributed by atoms with Crippen LogP contribution in [0.25, 0.3) is 5.52 Å². The van der Waals surface area contributed by atoms with Crippen molar-refractivity contribution in [3.05, 3.63) is 66.0 Å². The second kappa shape index (κ2) is 5.14. The number of fused-ring (bicyclic) bond motifs is 1. The van der Waals surface area contributed by atoms with E-state index in [1.165, 1.54) is 0 Å². The Labute approximate surface area is 115 Å². The summed E-state index contributed by atoms with van der Waals surface area (Å²) in [5.74, 6) is -0.221. The Morgan fingerprint density at radius 2 is 2.15 bits per heavy atom. The fourth-order valence-corrected chi connectivity index (χ4v) is 2.06. The van der Waals surface area contributed by atoms with Gasteiger partial charge >= 0.3 is 0 Å². The number of carbonyl (C=O) groups excluding carboxylic acids is 1. The average Bonchev–Trinajstić information content (AvgIpc) is 2.91. The summed E-state index contributed by atoms with van der Waals surface area (Å²) in [4.78, 5) is 12.3. The fourth-order valence-electron chi connectivity index (χ4n) is 2.06. The minimum atomic E-state index is -0.221. The quantitative estimate of drug-likeness (QED) is 0.763. The largest absolute Gasteiger partial charge is 0.392 e. The van der Waals surface area contributed by atoms with Gasteiger partial charge in [-0.25, -0.2) is 4.52 Å². The first-order chi connectivity index (χ1) is 9.78. The van der Waals surface area contributed by atoms with Gasteiger partial charge < -0.3 is 10.4 Å². The van der Waals surface area contributed by atoms with Crippen LogP contribution in [-0.2, 0) is 6.61 Å². The van der Waals surface area contributed by atoms with Crippen molar-refractivity contribution in [3.63, 3.8) is 0 Å². The molecule has 3 aromatic rings. The maximum Gasteiger partial charge on any atom is 0.259 e. The van der Waals surface area contributed by atoms with Crippen LogP contribution in [0, 0.1) is 0 Å². The number of nitrogens with one attached hydrogen (secondary N) is 1. The van der Waals surface area contributed by atoms with Gasteiger partial charge in [0.25, 0.3) is 5.91 Å². The minimum absolute atomic E-state index is 0.0551. The highest BCUT2D eigenvalue weighted by Gasteiger charge is 2.12. The van der Waals surface area contributed by atoms with Gasteiger partial charge in [-0.2, -0.15) is 5.10 Å². The number of amides is 1. The van der Waals surface area contributed by atoms with Gasteiger partial charge in [-0.15, -0.1) is 0 Å². The molecule has 0 bridgehead atoms. The second-order valence-electron chi connectivity index (χ2n) is 4.40. The smallest absolute Gasteiger partial charge is 0.259 e. The molecule has 0 atom stereocenters. The number of hydrogen-bond donors (Lipinski definition) is 2. The van der Waals surface area contributed by atoms with Crippen LogP contribution in [0.15, 0.2) is 54.9 Å². The van der Waals surface area contributed by atoms with Gasteiger partial charge in [-0.1, -0.05) is 18.2 Å². The summed E-state index contributed by atoms with van der Waals surface area (Å²) in [5, 5.41) is 16.0. The lowest BCUT2D eigenvalue weighted by atomic mass is 10.2. The zero-order valence-corrected chi connectivity index (χ0v) is 10.7. The molecule has 0 radical (unpaired) electrons. The highest BCUT2D eigenvalue weighted by Crippen LogP contribution is 2.15. The first kappa shape index (κ1) is 12.4. The molecule has 0 aliphatic rings. The number of rotatable bonds is 3. The Morgan fingerprint density at radius 3 is 3.00 bits per heavy atom. The van der Waals surface area contributed by atoms with E-state index < -0.39 is 0 Å². The van der Waals surface area contributed by atoms with Crippen LogP contribution in [0.4, 0.5) is 5.69 Å².